The van der Waals surface area contributed by atoms with Gasteiger partial charge in [0, 0.05) is 25.4 Å². The lowest BCUT2D eigenvalue weighted by Gasteiger charge is -2.16. The molecule has 4 nitrogen and oxygen atoms in total. The van der Waals surface area contributed by atoms with Crippen molar-refractivity contribution in [2.75, 3.05) is 6.54 Å². The first-order valence-electron chi connectivity index (χ1n) is 5.40. The van der Waals surface area contributed by atoms with E-state index in [4.69, 9.17) is 10.5 Å². The van der Waals surface area contributed by atoms with Crippen LogP contribution in [0.4, 0.5) is 4.39 Å². The van der Waals surface area contributed by atoms with E-state index in [2.05, 4.69) is 21.0 Å². The first-order chi connectivity index (χ1) is 8.60. The molecule has 0 saturated carbocycles. The Balaban J connectivity index is 2.17. The predicted molar refractivity (Wildman–Crippen MR) is 69.7 cm³/mol. The van der Waals surface area contributed by atoms with Crippen LogP contribution >= 0.6 is 15.9 Å². The summed E-state index contributed by atoms with van der Waals surface area (Å²) in [6.07, 6.45) is 3.25. The second kappa shape index (κ2) is 5.49. The number of rotatable bonds is 4. The summed E-state index contributed by atoms with van der Waals surface area (Å²) in [6.45, 7) is 0.320. The minimum Gasteiger partial charge on any atom is -0.484 e. The van der Waals surface area contributed by atoms with Crippen LogP contribution in [0.2, 0.25) is 0 Å². The lowest BCUT2D eigenvalue weighted by atomic mass is 10.2. The summed E-state index contributed by atoms with van der Waals surface area (Å²) in [7, 11) is 1.82. The standard InChI is InChI=1S/C12H13BrFN3O/c1-17-7-8(6-16-17)12(5-15)18-9-2-3-11(14)10(13)4-9/h2-4,6-7,12H,5,15H2,1H3. The molecule has 18 heavy (non-hydrogen) atoms. The van der Waals surface area contributed by atoms with Crippen LogP contribution in [0, 0.1) is 5.82 Å². The van der Waals surface area contributed by atoms with E-state index in [-0.39, 0.29) is 11.9 Å². The predicted octanol–water partition coefficient (Wildman–Crippen LogP) is 2.40. The van der Waals surface area contributed by atoms with Gasteiger partial charge in [0.15, 0.2) is 0 Å². The molecule has 0 aliphatic rings. The SMILES string of the molecule is Cn1cc(C(CN)Oc2ccc(F)c(Br)c2)cn1. The van der Waals surface area contributed by atoms with Crippen molar-refractivity contribution in [1.29, 1.82) is 0 Å². The van der Waals surface area contributed by atoms with Gasteiger partial charge in [-0.2, -0.15) is 5.10 Å². The van der Waals surface area contributed by atoms with Gasteiger partial charge in [-0.1, -0.05) is 0 Å². The van der Waals surface area contributed by atoms with Crippen LogP contribution in [0.3, 0.4) is 0 Å². The average molecular weight is 314 g/mol. The van der Waals surface area contributed by atoms with Gasteiger partial charge in [-0.25, -0.2) is 4.39 Å². The second-order valence-electron chi connectivity index (χ2n) is 3.87. The van der Waals surface area contributed by atoms with E-state index in [1.807, 2.05) is 13.2 Å². The summed E-state index contributed by atoms with van der Waals surface area (Å²) in [4.78, 5) is 0. The third kappa shape index (κ3) is 2.88. The molecule has 1 atom stereocenters. The van der Waals surface area contributed by atoms with E-state index >= 15 is 0 Å². The zero-order valence-corrected chi connectivity index (χ0v) is 11.4. The van der Waals surface area contributed by atoms with Crippen molar-refractivity contribution in [3.8, 4) is 5.75 Å². The summed E-state index contributed by atoms with van der Waals surface area (Å²) in [5.74, 6) is 0.232. The van der Waals surface area contributed by atoms with E-state index < -0.39 is 0 Å². The molecule has 0 aliphatic heterocycles. The van der Waals surface area contributed by atoms with Gasteiger partial charge < -0.3 is 10.5 Å². The lowest BCUT2D eigenvalue weighted by Crippen LogP contribution is -2.18. The Bertz CT molecular complexity index is 544. The fraction of sp³-hybridized carbons (Fsp3) is 0.250. The van der Waals surface area contributed by atoms with Crippen molar-refractivity contribution in [2.24, 2.45) is 12.8 Å². The quantitative estimate of drug-likeness (QED) is 0.943. The number of halogens is 2. The fourth-order valence-corrected chi connectivity index (χ4v) is 1.93. The van der Waals surface area contributed by atoms with Gasteiger partial charge in [-0.05, 0) is 34.1 Å². The topological polar surface area (TPSA) is 53.1 Å². The Hall–Kier alpha value is -1.40. The molecule has 1 aromatic heterocycles. The normalized spacial score (nSPS) is 12.4. The van der Waals surface area contributed by atoms with Crippen LogP contribution < -0.4 is 10.5 Å². The first-order valence-corrected chi connectivity index (χ1v) is 6.19. The molecule has 1 aromatic carbocycles. The van der Waals surface area contributed by atoms with Crippen LogP contribution in [0.1, 0.15) is 11.7 Å². The van der Waals surface area contributed by atoms with E-state index in [0.29, 0.717) is 16.8 Å². The number of ether oxygens (including phenoxy) is 1. The van der Waals surface area contributed by atoms with E-state index in [1.165, 1.54) is 6.07 Å². The van der Waals surface area contributed by atoms with Crippen molar-refractivity contribution < 1.29 is 9.13 Å². The molecule has 0 spiro atoms. The molecule has 0 radical (unpaired) electrons. The van der Waals surface area contributed by atoms with Gasteiger partial charge in [-0.3, -0.25) is 4.68 Å². The van der Waals surface area contributed by atoms with Crippen molar-refractivity contribution in [3.63, 3.8) is 0 Å². The Labute approximate surface area is 113 Å². The van der Waals surface area contributed by atoms with E-state index in [9.17, 15) is 4.39 Å². The van der Waals surface area contributed by atoms with Gasteiger partial charge in [0.1, 0.15) is 17.7 Å². The molecule has 0 amide bonds. The number of aryl methyl sites for hydroxylation is 1. The minimum atomic E-state index is -0.326. The highest BCUT2D eigenvalue weighted by Gasteiger charge is 2.14. The highest BCUT2D eigenvalue weighted by Crippen LogP contribution is 2.25. The van der Waals surface area contributed by atoms with Crippen molar-refractivity contribution in [2.45, 2.75) is 6.10 Å². The first kappa shape index (κ1) is 13.0. The molecule has 1 unspecified atom stereocenters. The maximum absolute atomic E-state index is 13.1. The summed E-state index contributed by atoms with van der Waals surface area (Å²) in [5.41, 5.74) is 6.57. The highest BCUT2D eigenvalue weighted by molar-refractivity contribution is 9.10. The number of nitrogens with two attached hydrogens (primary N) is 1. The Morgan fingerprint density at radius 1 is 1.56 bits per heavy atom. The van der Waals surface area contributed by atoms with Crippen LogP contribution in [0.25, 0.3) is 0 Å². The molecule has 96 valence electrons. The van der Waals surface area contributed by atoms with Crippen molar-refractivity contribution in [1.82, 2.24) is 9.78 Å². The number of benzene rings is 1. The zero-order valence-electron chi connectivity index (χ0n) is 9.81. The second-order valence-corrected chi connectivity index (χ2v) is 4.72. The van der Waals surface area contributed by atoms with Crippen LogP contribution in [0.5, 0.6) is 5.75 Å². The maximum atomic E-state index is 13.1. The van der Waals surface area contributed by atoms with E-state index in [1.54, 1.807) is 23.0 Å². The molecule has 0 bridgehead atoms. The Kier molecular flexibility index (Phi) is 3.98. The molecule has 2 aromatic rings. The smallest absolute Gasteiger partial charge is 0.139 e. The summed E-state index contributed by atoms with van der Waals surface area (Å²) in [5, 5.41) is 4.07. The minimum absolute atomic E-state index is 0.295. The average Bonchev–Trinajstić information content (AvgIpc) is 2.77. The Morgan fingerprint density at radius 3 is 2.89 bits per heavy atom. The number of hydrogen-bond acceptors (Lipinski definition) is 3. The highest BCUT2D eigenvalue weighted by atomic mass is 79.9. The van der Waals surface area contributed by atoms with Gasteiger partial charge >= 0.3 is 0 Å². The van der Waals surface area contributed by atoms with Crippen molar-refractivity contribution >= 4 is 15.9 Å². The van der Waals surface area contributed by atoms with Crippen LogP contribution in [-0.4, -0.2) is 16.3 Å². The van der Waals surface area contributed by atoms with Crippen LogP contribution in [-0.2, 0) is 7.05 Å². The molecule has 2 N–H and O–H groups in total. The van der Waals surface area contributed by atoms with Crippen LogP contribution in [0.15, 0.2) is 35.1 Å². The van der Waals surface area contributed by atoms with Gasteiger partial charge in [-0.15, -0.1) is 0 Å². The van der Waals surface area contributed by atoms with Gasteiger partial charge in [0.25, 0.3) is 0 Å². The maximum Gasteiger partial charge on any atom is 0.139 e. The summed E-state index contributed by atoms with van der Waals surface area (Å²) < 4.78 is 20.9. The number of aromatic nitrogens is 2. The van der Waals surface area contributed by atoms with Gasteiger partial charge in [0.05, 0.1) is 10.7 Å². The fourth-order valence-electron chi connectivity index (χ4n) is 1.57. The zero-order chi connectivity index (χ0) is 13.1. The molecule has 0 aliphatic carbocycles. The number of nitrogens with zero attached hydrogens (tertiary/aromatic N) is 2. The molecule has 2 rings (SSSR count). The molecule has 6 heteroatoms. The molecule has 0 fully saturated rings. The molecule has 0 saturated heterocycles. The monoisotopic (exact) mass is 313 g/mol. The van der Waals surface area contributed by atoms with Crippen molar-refractivity contribution in [3.05, 3.63) is 46.4 Å². The number of hydrogen-bond donors (Lipinski definition) is 1. The molecular formula is C12H13BrFN3O. The molecule has 1 heterocycles. The van der Waals surface area contributed by atoms with E-state index in [0.717, 1.165) is 5.56 Å². The third-order valence-corrected chi connectivity index (χ3v) is 3.09. The largest absolute Gasteiger partial charge is 0.484 e. The summed E-state index contributed by atoms with van der Waals surface area (Å²) in [6, 6.07) is 4.49. The lowest BCUT2D eigenvalue weighted by molar-refractivity contribution is 0.214. The third-order valence-electron chi connectivity index (χ3n) is 2.48. The van der Waals surface area contributed by atoms with Gasteiger partial charge in [0.2, 0.25) is 0 Å². The Morgan fingerprint density at radius 2 is 2.33 bits per heavy atom. The summed E-state index contributed by atoms with van der Waals surface area (Å²) >= 11 is 3.12. The molecular weight excluding hydrogens is 301 g/mol.